The Morgan fingerprint density at radius 1 is 0.828 bits per heavy atom. The summed E-state index contributed by atoms with van der Waals surface area (Å²) in [4.78, 5) is 0. The molecule has 0 unspecified atom stereocenters. The molecule has 2 aromatic rings. The number of benzene rings is 2. The van der Waals surface area contributed by atoms with Crippen LogP contribution >= 0.6 is 0 Å². The molecule has 0 aliphatic carbocycles. The topological polar surface area (TPSA) is 27.7 Å². The van der Waals surface area contributed by atoms with Crippen molar-refractivity contribution < 1.29 is 40.4 Å². The van der Waals surface area contributed by atoms with Crippen LogP contribution in [-0.4, -0.2) is 18.3 Å². The van der Waals surface area contributed by atoms with Crippen molar-refractivity contribution in [3.63, 3.8) is 0 Å². The van der Waals surface area contributed by atoms with E-state index in [0.29, 0.717) is 0 Å². The lowest BCUT2D eigenvalue weighted by atomic mass is 9.78. The molecule has 1 saturated heterocycles. The standard InChI is InChI=1S/C19H17BF6O3/c1-17(2)18(3,4)29-20(28-17)10-5-6-12(13(21)7-10)19(25,26)27-11-8-14(22)16(24)15(23)9-11/h5-9H,1-4H3. The third-order valence-electron chi connectivity index (χ3n) is 5.04. The van der Waals surface area contributed by atoms with E-state index in [2.05, 4.69) is 4.74 Å². The van der Waals surface area contributed by atoms with Crippen LogP contribution in [0, 0.1) is 23.3 Å². The summed E-state index contributed by atoms with van der Waals surface area (Å²) in [6.45, 7) is 7.11. The Kier molecular flexibility index (Phi) is 5.15. The molecule has 0 atom stereocenters. The van der Waals surface area contributed by atoms with Crippen LogP contribution in [0.3, 0.4) is 0 Å². The van der Waals surface area contributed by atoms with Gasteiger partial charge in [-0.3, -0.25) is 0 Å². The van der Waals surface area contributed by atoms with Crippen molar-refractivity contribution in [3.05, 3.63) is 59.2 Å². The van der Waals surface area contributed by atoms with Crippen molar-refractivity contribution in [2.45, 2.75) is 45.0 Å². The van der Waals surface area contributed by atoms with Gasteiger partial charge in [0.05, 0.1) is 16.8 Å². The van der Waals surface area contributed by atoms with Crippen LogP contribution in [0.2, 0.25) is 0 Å². The first-order valence-electron chi connectivity index (χ1n) is 8.60. The van der Waals surface area contributed by atoms with Gasteiger partial charge in [0.1, 0.15) is 11.6 Å². The van der Waals surface area contributed by atoms with E-state index in [9.17, 15) is 26.3 Å². The SMILES string of the molecule is CC1(C)OB(c2ccc(C(F)(F)Oc3cc(F)c(F)c(F)c3)c(F)c2)OC1(C)C. The molecule has 0 N–H and O–H groups in total. The van der Waals surface area contributed by atoms with Gasteiger partial charge in [0.25, 0.3) is 0 Å². The molecule has 1 heterocycles. The average molecular weight is 418 g/mol. The van der Waals surface area contributed by atoms with Gasteiger partial charge < -0.3 is 14.0 Å². The van der Waals surface area contributed by atoms with E-state index in [1.807, 2.05) is 0 Å². The molecular formula is C19H17BF6O3. The molecule has 0 amide bonds. The summed E-state index contributed by atoms with van der Waals surface area (Å²) in [6, 6.07) is 3.21. The predicted octanol–water partition coefficient (Wildman–Crippen LogP) is 4.67. The highest BCUT2D eigenvalue weighted by Gasteiger charge is 2.52. The van der Waals surface area contributed by atoms with Gasteiger partial charge in [0.2, 0.25) is 0 Å². The first-order valence-corrected chi connectivity index (χ1v) is 8.60. The molecule has 2 aromatic carbocycles. The van der Waals surface area contributed by atoms with E-state index in [0.717, 1.165) is 12.1 Å². The van der Waals surface area contributed by atoms with Gasteiger partial charge in [-0.1, -0.05) is 6.07 Å². The average Bonchev–Trinajstić information content (AvgIpc) is 2.79. The Labute approximate surface area is 163 Å². The first kappa shape index (κ1) is 21.5. The Hall–Kier alpha value is -2.20. The minimum atomic E-state index is -4.28. The Balaban J connectivity index is 1.86. The second-order valence-corrected chi connectivity index (χ2v) is 7.65. The molecule has 1 fully saturated rings. The van der Waals surface area contributed by atoms with Crippen LogP contribution in [-0.2, 0) is 15.4 Å². The maximum atomic E-state index is 14.4. The van der Waals surface area contributed by atoms with E-state index >= 15 is 0 Å². The van der Waals surface area contributed by atoms with E-state index < -0.39 is 59.0 Å². The lowest BCUT2D eigenvalue weighted by molar-refractivity contribution is -0.187. The van der Waals surface area contributed by atoms with Crippen molar-refractivity contribution in [2.24, 2.45) is 0 Å². The van der Waals surface area contributed by atoms with Crippen LogP contribution in [0.4, 0.5) is 26.3 Å². The third-order valence-corrected chi connectivity index (χ3v) is 5.04. The predicted molar refractivity (Wildman–Crippen MR) is 93.0 cm³/mol. The Morgan fingerprint density at radius 2 is 1.34 bits per heavy atom. The molecule has 156 valence electrons. The number of alkyl halides is 2. The van der Waals surface area contributed by atoms with Gasteiger partial charge in [-0.05, 0) is 45.3 Å². The van der Waals surface area contributed by atoms with Crippen LogP contribution in [0.25, 0.3) is 0 Å². The van der Waals surface area contributed by atoms with Crippen molar-refractivity contribution in [3.8, 4) is 5.75 Å². The molecule has 0 aromatic heterocycles. The van der Waals surface area contributed by atoms with E-state index in [4.69, 9.17) is 9.31 Å². The van der Waals surface area contributed by atoms with Crippen molar-refractivity contribution in [1.82, 2.24) is 0 Å². The molecular weight excluding hydrogens is 401 g/mol. The molecule has 10 heteroatoms. The summed E-state index contributed by atoms with van der Waals surface area (Å²) in [7, 11) is -0.974. The zero-order valence-electron chi connectivity index (χ0n) is 16.0. The maximum Gasteiger partial charge on any atom is 0.494 e. The van der Waals surface area contributed by atoms with Crippen LogP contribution in [0.5, 0.6) is 5.75 Å². The maximum absolute atomic E-state index is 14.4. The van der Waals surface area contributed by atoms with E-state index in [1.54, 1.807) is 27.7 Å². The van der Waals surface area contributed by atoms with Gasteiger partial charge in [-0.2, -0.15) is 8.78 Å². The summed E-state index contributed by atoms with van der Waals surface area (Å²) < 4.78 is 98.2. The lowest BCUT2D eigenvalue weighted by Gasteiger charge is -2.32. The quantitative estimate of drug-likeness (QED) is 0.411. The fourth-order valence-corrected chi connectivity index (χ4v) is 2.69. The summed E-state index contributed by atoms with van der Waals surface area (Å²) in [5.74, 6) is -7.61. The fraction of sp³-hybridized carbons (Fsp3) is 0.368. The number of hydrogen-bond acceptors (Lipinski definition) is 3. The Bertz CT molecular complexity index is 909. The summed E-state index contributed by atoms with van der Waals surface area (Å²) in [5, 5.41) is 0. The smallest absolute Gasteiger partial charge is 0.429 e. The summed E-state index contributed by atoms with van der Waals surface area (Å²) in [6.07, 6.45) is -4.28. The third kappa shape index (κ3) is 3.96. The fourth-order valence-electron chi connectivity index (χ4n) is 2.69. The highest BCUT2D eigenvalue weighted by molar-refractivity contribution is 6.62. The number of halogens is 6. The van der Waals surface area contributed by atoms with Crippen molar-refractivity contribution >= 4 is 12.6 Å². The lowest BCUT2D eigenvalue weighted by Crippen LogP contribution is -2.41. The largest absolute Gasteiger partial charge is 0.494 e. The van der Waals surface area contributed by atoms with E-state index in [1.165, 1.54) is 6.07 Å². The van der Waals surface area contributed by atoms with Gasteiger partial charge in [-0.25, -0.2) is 17.6 Å². The van der Waals surface area contributed by atoms with Crippen LogP contribution < -0.4 is 10.2 Å². The number of ether oxygens (including phenoxy) is 1. The summed E-state index contributed by atoms with van der Waals surface area (Å²) >= 11 is 0. The van der Waals surface area contributed by atoms with Crippen LogP contribution in [0.1, 0.15) is 33.3 Å². The van der Waals surface area contributed by atoms with Crippen molar-refractivity contribution in [2.75, 3.05) is 0 Å². The molecule has 3 rings (SSSR count). The molecule has 3 nitrogen and oxygen atoms in total. The minimum Gasteiger partial charge on any atom is -0.429 e. The second kappa shape index (κ2) is 6.95. The normalized spacial score (nSPS) is 18.2. The molecule has 1 aliphatic rings. The molecule has 0 radical (unpaired) electrons. The highest BCUT2D eigenvalue weighted by atomic mass is 19.3. The highest BCUT2D eigenvalue weighted by Crippen LogP contribution is 2.37. The van der Waals surface area contributed by atoms with Gasteiger partial charge in [0.15, 0.2) is 17.5 Å². The molecule has 0 bridgehead atoms. The first-order chi connectivity index (χ1) is 13.2. The Morgan fingerprint density at radius 3 is 1.83 bits per heavy atom. The van der Waals surface area contributed by atoms with Gasteiger partial charge >= 0.3 is 13.2 Å². The zero-order chi connectivity index (χ0) is 21.8. The minimum absolute atomic E-state index is 0.166. The molecule has 0 spiro atoms. The molecule has 0 saturated carbocycles. The second-order valence-electron chi connectivity index (χ2n) is 7.65. The number of hydrogen-bond donors (Lipinski definition) is 0. The number of rotatable bonds is 4. The van der Waals surface area contributed by atoms with E-state index in [-0.39, 0.29) is 17.6 Å². The summed E-state index contributed by atoms with van der Waals surface area (Å²) in [5.41, 5.74) is -2.44. The monoisotopic (exact) mass is 418 g/mol. The molecule has 1 aliphatic heterocycles. The van der Waals surface area contributed by atoms with Crippen molar-refractivity contribution in [1.29, 1.82) is 0 Å². The zero-order valence-corrected chi connectivity index (χ0v) is 16.0. The molecule has 29 heavy (non-hydrogen) atoms. The van der Waals surface area contributed by atoms with Gasteiger partial charge in [-0.15, -0.1) is 0 Å². The van der Waals surface area contributed by atoms with Crippen LogP contribution in [0.15, 0.2) is 30.3 Å². The van der Waals surface area contributed by atoms with Gasteiger partial charge in [0, 0.05) is 12.1 Å².